The second-order valence-electron chi connectivity index (χ2n) is 5.94. The van der Waals surface area contributed by atoms with Crippen molar-refractivity contribution in [1.29, 1.82) is 0 Å². The maximum Gasteiger partial charge on any atom is 0.394 e. The van der Waals surface area contributed by atoms with Gasteiger partial charge in [-0.25, -0.2) is 4.39 Å². The molecular formula is C16H13F4NO4. The molecule has 134 valence electrons. The second-order valence-corrected chi connectivity index (χ2v) is 5.94. The van der Waals surface area contributed by atoms with Crippen LogP contribution in [0.1, 0.15) is 5.56 Å². The number of rotatable bonds is 2. The van der Waals surface area contributed by atoms with Crippen molar-refractivity contribution >= 4 is 18.0 Å². The van der Waals surface area contributed by atoms with E-state index in [2.05, 4.69) is 0 Å². The van der Waals surface area contributed by atoms with Crippen LogP contribution in [0, 0.1) is 17.7 Å². The fraction of sp³-hybridized carbons (Fsp3) is 0.375. The molecule has 0 unspecified atom stereocenters. The van der Waals surface area contributed by atoms with Crippen LogP contribution >= 0.6 is 0 Å². The third kappa shape index (κ3) is 3.31. The summed E-state index contributed by atoms with van der Waals surface area (Å²) in [6.45, 7) is -1.44. The standard InChI is InChI=1S/C16H13F4NO4/c17-10-1-2-13-8(4-10)3-9(7-25-13)14(22)21-5-11(15(23)24)12(6-21)16(18,19)20/h1-4,11-12H,5-7H2,(H,23,24)/t11-,12-/m1/s1. The number of carbonyl (C=O) groups is 2. The van der Waals surface area contributed by atoms with Gasteiger partial charge in [-0.2, -0.15) is 13.2 Å². The molecule has 1 aromatic carbocycles. The molecule has 3 rings (SSSR count). The average molecular weight is 359 g/mol. The average Bonchev–Trinajstić information content (AvgIpc) is 2.99. The Morgan fingerprint density at radius 3 is 2.56 bits per heavy atom. The largest absolute Gasteiger partial charge is 0.488 e. The van der Waals surface area contributed by atoms with Crippen LogP contribution in [0.2, 0.25) is 0 Å². The molecule has 0 aliphatic carbocycles. The van der Waals surface area contributed by atoms with Gasteiger partial charge in [0.05, 0.1) is 17.4 Å². The fourth-order valence-corrected chi connectivity index (χ4v) is 3.03. The first-order chi connectivity index (χ1) is 11.7. The van der Waals surface area contributed by atoms with Crippen molar-refractivity contribution < 1.29 is 37.0 Å². The number of carbonyl (C=O) groups excluding carboxylic acids is 1. The van der Waals surface area contributed by atoms with Crippen LogP contribution in [0.15, 0.2) is 23.8 Å². The molecule has 1 amide bonds. The van der Waals surface area contributed by atoms with Crippen molar-refractivity contribution in [3.63, 3.8) is 0 Å². The molecule has 0 aromatic heterocycles. The Hall–Kier alpha value is -2.58. The summed E-state index contributed by atoms with van der Waals surface area (Å²) in [6.07, 6.45) is -3.37. The number of hydrogen-bond donors (Lipinski definition) is 1. The minimum absolute atomic E-state index is 0.0464. The lowest BCUT2D eigenvalue weighted by Gasteiger charge is -2.22. The lowest BCUT2D eigenvalue weighted by Crippen LogP contribution is -2.35. The molecule has 1 aromatic rings. The number of amides is 1. The highest BCUT2D eigenvalue weighted by atomic mass is 19.4. The van der Waals surface area contributed by atoms with Gasteiger partial charge in [-0.3, -0.25) is 9.59 Å². The van der Waals surface area contributed by atoms with Gasteiger partial charge in [0.2, 0.25) is 0 Å². The van der Waals surface area contributed by atoms with Gasteiger partial charge in [-0.1, -0.05) is 0 Å². The van der Waals surface area contributed by atoms with Gasteiger partial charge in [-0.15, -0.1) is 0 Å². The first kappa shape index (κ1) is 17.2. The monoisotopic (exact) mass is 359 g/mol. The van der Waals surface area contributed by atoms with Crippen LogP contribution in [-0.4, -0.2) is 47.8 Å². The van der Waals surface area contributed by atoms with Crippen molar-refractivity contribution in [2.45, 2.75) is 6.18 Å². The van der Waals surface area contributed by atoms with Crippen molar-refractivity contribution in [3.05, 3.63) is 35.2 Å². The maximum absolute atomic E-state index is 13.3. The predicted molar refractivity (Wildman–Crippen MR) is 77.1 cm³/mol. The van der Waals surface area contributed by atoms with Gasteiger partial charge in [0.1, 0.15) is 18.2 Å². The highest BCUT2D eigenvalue weighted by Gasteiger charge is 2.53. The van der Waals surface area contributed by atoms with Crippen LogP contribution in [-0.2, 0) is 9.59 Å². The number of fused-ring (bicyclic) bond motifs is 1. The molecule has 2 atom stereocenters. The number of hydrogen-bond acceptors (Lipinski definition) is 3. The third-order valence-electron chi connectivity index (χ3n) is 4.30. The van der Waals surface area contributed by atoms with E-state index in [0.717, 1.165) is 11.0 Å². The fourth-order valence-electron chi connectivity index (χ4n) is 3.03. The number of carboxylic acids is 1. The topological polar surface area (TPSA) is 66.8 Å². The van der Waals surface area contributed by atoms with E-state index < -0.39 is 48.8 Å². The summed E-state index contributed by atoms with van der Waals surface area (Å²) >= 11 is 0. The minimum Gasteiger partial charge on any atom is -0.488 e. The van der Waals surface area contributed by atoms with Crippen molar-refractivity contribution in [1.82, 2.24) is 4.90 Å². The number of carboxylic acid groups (broad SMARTS) is 1. The molecule has 9 heteroatoms. The minimum atomic E-state index is -4.72. The van der Waals surface area contributed by atoms with Gasteiger partial charge < -0.3 is 14.7 Å². The van der Waals surface area contributed by atoms with E-state index in [-0.39, 0.29) is 12.2 Å². The lowest BCUT2D eigenvalue weighted by atomic mass is 9.96. The highest BCUT2D eigenvalue weighted by molar-refractivity contribution is 5.99. The molecule has 2 aliphatic heterocycles. The van der Waals surface area contributed by atoms with E-state index >= 15 is 0 Å². The Morgan fingerprint density at radius 2 is 1.96 bits per heavy atom. The number of nitrogens with zero attached hydrogens (tertiary/aromatic N) is 1. The van der Waals surface area contributed by atoms with E-state index in [9.17, 15) is 27.2 Å². The molecular weight excluding hydrogens is 346 g/mol. The van der Waals surface area contributed by atoms with E-state index in [1.54, 1.807) is 0 Å². The molecule has 0 radical (unpaired) electrons. The first-order valence-corrected chi connectivity index (χ1v) is 7.38. The number of halogens is 4. The Kier molecular flexibility index (Phi) is 4.18. The van der Waals surface area contributed by atoms with Gasteiger partial charge in [0, 0.05) is 18.7 Å². The predicted octanol–water partition coefficient (Wildman–Crippen LogP) is 2.32. The molecule has 1 fully saturated rings. The molecule has 0 saturated carbocycles. The van der Waals surface area contributed by atoms with Crippen LogP contribution in [0.25, 0.3) is 6.08 Å². The van der Waals surface area contributed by atoms with Crippen LogP contribution in [0.3, 0.4) is 0 Å². The van der Waals surface area contributed by atoms with Crippen LogP contribution in [0.4, 0.5) is 17.6 Å². The Balaban J connectivity index is 1.83. The van der Waals surface area contributed by atoms with Gasteiger partial charge in [0.15, 0.2) is 0 Å². The molecule has 2 heterocycles. The molecule has 5 nitrogen and oxygen atoms in total. The smallest absolute Gasteiger partial charge is 0.394 e. The summed E-state index contributed by atoms with van der Waals surface area (Å²) in [6, 6.07) is 3.72. The van der Waals surface area contributed by atoms with Crippen molar-refractivity contribution in [2.24, 2.45) is 11.8 Å². The summed E-state index contributed by atoms with van der Waals surface area (Å²) in [5.74, 6) is -6.36. The quantitative estimate of drug-likeness (QED) is 0.823. The Morgan fingerprint density at radius 1 is 1.24 bits per heavy atom. The molecule has 0 spiro atoms. The molecule has 1 N–H and O–H groups in total. The zero-order valence-electron chi connectivity index (χ0n) is 12.7. The molecule has 1 saturated heterocycles. The van der Waals surface area contributed by atoms with Gasteiger partial charge in [-0.05, 0) is 24.3 Å². The number of likely N-dealkylation sites (tertiary alicyclic amines) is 1. The zero-order valence-corrected chi connectivity index (χ0v) is 12.7. The normalized spacial score (nSPS) is 22.9. The van der Waals surface area contributed by atoms with E-state index in [1.807, 2.05) is 0 Å². The van der Waals surface area contributed by atoms with Crippen molar-refractivity contribution in [3.8, 4) is 5.75 Å². The summed E-state index contributed by atoms with van der Waals surface area (Å²) in [7, 11) is 0. The van der Waals surface area contributed by atoms with E-state index in [4.69, 9.17) is 9.84 Å². The summed E-state index contributed by atoms with van der Waals surface area (Å²) in [4.78, 5) is 24.4. The van der Waals surface area contributed by atoms with E-state index in [1.165, 1.54) is 18.2 Å². The Bertz CT molecular complexity index is 759. The molecule has 2 aliphatic rings. The lowest BCUT2D eigenvalue weighted by molar-refractivity contribution is -0.188. The number of aliphatic carboxylic acids is 1. The van der Waals surface area contributed by atoms with Gasteiger partial charge >= 0.3 is 12.1 Å². The van der Waals surface area contributed by atoms with Gasteiger partial charge in [0.25, 0.3) is 5.91 Å². The maximum atomic E-state index is 13.3. The number of ether oxygens (including phenoxy) is 1. The molecule has 0 bridgehead atoms. The number of alkyl halides is 3. The first-order valence-electron chi connectivity index (χ1n) is 7.38. The molecule has 25 heavy (non-hydrogen) atoms. The second kappa shape index (κ2) is 6.05. The summed E-state index contributed by atoms with van der Waals surface area (Å²) < 4.78 is 57.6. The number of benzene rings is 1. The zero-order chi connectivity index (χ0) is 18.4. The van der Waals surface area contributed by atoms with E-state index in [0.29, 0.717) is 11.3 Å². The highest BCUT2D eigenvalue weighted by Crippen LogP contribution is 2.38. The summed E-state index contributed by atoms with van der Waals surface area (Å²) in [5, 5.41) is 9.00. The van der Waals surface area contributed by atoms with Crippen LogP contribution in [0.5, 0.6) is 5.75 Å². The van der Waals surface area contributed by atoms with Crippen molar-refractivity contribution in [2.75, 3.05) is 19.7 Å². The van der Waals surface area contributed by atoms with Crippen LogP contribution < -0.4 is 4.74 Å². The SMILES string of the molecule is O=C(O)[C@@H]1CN(C(=O)C2=Cc3cc(F)ccc3OC2)C[C@H]1C(F)(F)F. The summed E-state index contributed by atoms with van der Waals surface area (Å²) in [5.41, 5.74) is 0.348. The Labute approximate surface area is 139 Å². The third-order valence-corrected chi connectivity index (χ3v) is 4.30.